The van der Waals surface area contributed by atoms with Crippen molar-refractivity contribution in [2.24, 2.45) is 16.7 Å². The van der Waals surface area contributed by atoms with Gasteiger partial charge in [0.05, 0.1) is 5.57 Å². The summed E-state index contributed by atoms with van der Waals surface area (Å²) in [6.45, 7) is 10.5. The Morgan fingerprint density at radius 3 is 2.74 bits per heavy atom. The summed E-state index contributed by atoms with van der Waals surface area (Å²) in [7, 11) is 0. The Balaban J connectivity index is 1.70. The van der Waals surface area contributed by atoms with Gasteiger partial charge < -0.3 is 9.84 Å². The highest BCUT2D eigenvalue weighted by Gasteiger charge is 2.62. The van der Waals surface area contributed by atoms with E-state index in [2.05, 4.69) is 32.3 Å². The van der Waals surface area contributed by atoms with E-state index in [0.29, 0.717) is 11.5 Å². The summed E-state index contributed by atoms with van der Waals surface area (Å²) >= 11 is 0. The monoisotopic (exact) mass is 315 g/mol. The first-order valence-corrected chi connectivity index (χ1v) is 8.25. The molecule has 4 nitrogen and oxygen atoms in total. The lowest BCUT2D eigenvalue weighted by Gasteiger charge is -2.38. The molecular weight excluding hydrogens is 290 g/mol. The Labute approximate surface area is 137 Å². The smallest absolute Gasteiger partial charge is 0.336 e. The van der Waals surface area contributed by atoms with Crippen LogP contribution < -0.4 is 0 Å². The molecule has 0 aliphatic heterocycles. The summed E-state index contributed by atoms with van der Waals surface area (Å²) in [5.74, 6) is 0.0951. The summed E-state index contributed by atoms with van der Waals surface area (Å²) in [5, 5.41) is 10.3. The zero-order chi connectivity index (χ0) is 16.8. The van der Waals surface area contributed by atoms with Crippen LogP contribution in [0.5, 0.6) is 0 Å². The Morgan fingerprint density at radius 1 is 1.48 bits per heavy atom. The molecule has 1 aromatic heterocycles. The van der Waals surface area contributed by atoms with Crippen LogP contribution in [0.3, 0.4) is 0 Å². The fraction of sp³-hybridized carbons (Fsp3) is 0.579. The summed E-state index contributed by atoms with van der Waals surface area (Å²) in [4.78, 5) is 16.4. The molecule has 124 valence electrons. The number of carbonyl (C=O) groups excluding carboxylic acids is 1. The highest BCUT2D eigenvalue weighted by atomic mass is 16.5. The quantitative estimate of drug-likeness (QED) is 0.683. The van der Waals surface area contributed by atoms with Crippen molar-refractivity contribution in [3.05, 3.63) is 42.2 Å². The molecule has 23 heavy (non-hydrogen) atoms. The molecule has 4 unspecified atom stereocenters. The first-order chi connectivity index (χ1) is 10.8. The molecule has 0 spiro atoms. The number of aromatic nitrogens is 1. The Hall–Kier alpha value is -1.68. The van der Waals surface area contributed by atoms with Gasteiger partial charge in [-0.2, -0.15) is 0 Å². The van der Waals surface area contributed by atoms with Crippen LogP contribution in [0.15, 0.2) is 36.7 Å². The number of hydrogen-bond donors (Lipinski definition) is 1. The zero-order valence-corrected chi connectivity index (χ0v) is 14.1. The number of pyridine rings is 1. The molecule has 1 heterocycles. The lowest BCUT2D eigenvalue weighted by atomic mass is 9.70. The molecule has 3 rings (SSSR count). The van der Waals surface area contributed by atoms with Crippen molar-refractivity contribution in [2.75, 3.05) is 0 Å². The lowest BCUT2D eigenvalue weighted by Crippen LogP contribution is -2.38. The van der Waals surface area contributed by atoms with Crippen molar-refractivity contribution in [2.45, 2.75) is 52.2 Å². The van der Waals surface area contributed by atoms with Crippen LogP contribution in [0.4, 0.5) is 0 Å². The maximum atomic E-state index is 12.4. The molecule has 0 aromatic carbocycles. The number of nitrogens with zero attached hydrogens (tertiary/aromatic N) is 1. The standard InChI is InChI=1S/C19H25NO3/c1-12(16(21)13-6-5-9-20-11-13)17(22)23-15-10-14-7-8-19(15,4)18(14,2)3/h5-6,9,11,14-16,21H,1,7-8,10H2,2-4H3. The average molecular weight is 315 g/mol. The van der Waals surface area contributed by atoms with E-state index in [1.54, 1.807) is 18.3 Å². The highest BCUT2D eigenvalue weighted by Crippen LogP contribution is 2.66. The third-order valence-corrected chi connectivity index (χ3v) is 6.56. The molecule has 2 aliphatic carbocycles. The third kappa shape index (κ3) is 2.40. The van der Waals surface area contributed by atoms with Gasteiger partial charge >= 0.3 is 5.97 Å². The van der Waals surface area contributed by atoms with Crippen molar-refractivity contribution in [3.63, 3.8) is 0 Å². The molecule has 0 radical (unpaired) electrons. The maximum Gasteiger partial charge on any atom is 0.336 e. The van der Waals surface area contributed by atoms with Crippen molar-refractivity contribution in [1.29, 1.82) is 0 Å². The summed E-state index contributed by atoms with van der Waals surface area (Å²) < 4.78 is 5.77. The second-order valence-corrected chi connectivity index (χ2v) is 7.72. The fourth-order valence-corrected chi connectivity index (χ4v) is 4.36. The predicted octanol–water partition coefficient (Wildman–Crippen LogP) is 3.43. The predicted molar refractivity (Wildman–Crippen MR) is 87.4 cm³/mol. The van der Waals surface area contributed by atoms with Crippen LogP contribution >= 0.6 is 0 Å². The van der Waals surface area contributed by atoms with E-state index in [1.807, 2.05) is 0 Å². The van der Waals surface area contributed by atoms with Gasteiger partial charge in [-0.05, 0) is 36.7 Å². The number of aliphatic hydroxyl groups is 1. The molecule has 1 aromatic rings. The molecule has 4 heteroatoms. The number of carbonyl (C=O) groups is 1. The van der Waals surface area contributed by atoms with Crippen LogP contribution in [-0.2, 0) is 9.53 Å². The molecule has 1 N–H and O–H groups in total. The molecular formula is C19H25NO3. The SMILES string of the molecule is C=C(C(=O)OC1CC2CCC1(C)C2(C)C)C(O)c1cccnc1. The molecule has 2 saturated carbocycles. The van der Waals surface area contributed by atoms with Gasteiger partial charge in [0.2, 0.25) is 0 Å². The van der Waals surface area contributed by atoms with Crippen LogP contribution in [-0.4, -0.2) is 22.2 Å². The third-order valence-electron chi connectivity index (χ3n) is 6.56. The van der Waals surface area contributed by atoms with E-state index in [0.717, 1.165) is 12.8 Å². The van der Waals surface area contributed by atoms with Crippen molar-refractivity contribution in [1.82, 2.24) is 4.98 Å². The van der Waals surface area contributed by atoms with E-state index in [1.165, 1.54) is 12.6 Å². The maximum absolute atomic E-state index is 12.4. The van der Waals surface area contributed by atoms with E-state index in [9.17, 15) is 9.90 Å². The molecule has 2 bridgehead atoms. The second kappa shape index (κ2) is 5.45. The highest BCUT2D eigenvalue weighted by molar-refractivity contribution is 5.89. The van der Waals surface area contributed by atoms with Crippen LogP contribution in [0.1, 0.15) is 51.7 Å². The average Bonchev–Trinajstić information content (AvgIpc) is 2.87. The number of rotatable bonds is 4. The molecule has 2 fully saturated rings. The fourth-order valence-electron chi connectivity index (χ4n) is 4.36. The normalized spacial score (nSPS) is 32.5. The molecule has 0 saturated heterocycles. The molecule has 2 aliphatic rings. The van der Waals surface area contributed by atoms with Gasteiger partial charge in [-0.15, -0.1) is 0 Å². The van der Waals surface area contributed by atoms with Gasteiger partial charge in [0, 0.05) is 23.4 Å². The van der Waals surface area contributed by atoms with Crippen molar-refractivity contribution in [3.8, 4) is 0 Å². The van der Waals surface area contributed by atoms with Crippen LogP contribution in [0, 0.1) is 16.7 Å². The lowest BCUT2D eigenvalue weighted by molar-refractivity contribution is -0.153. The number of fused-ring (bicyclic) bond motifs is 2. The number of ether oxygens (including phenoxy) is 1. The number of aliphatic hydroxyl groups excluding tert-OH is 1. The Kier molecular flexibility index (Phi) is 3.83. The topological polar surface area (TPSA) is 59.4 Å². The van der Waals surface area contributed by atoms with Crippen molar-refractivity contribution < 1.29 is 14.6 Å². The largest absolute Gasteiger partial charge is 0.458 e. The van der Waals surface area contributed by atoms with E-state index in [-0.39, 0.29) is 22.5 Å². The van der Waals surface area contributed by atoms with Crippen LogP contribution in [0.25, 0.3) is 0 Å². The van der Waals surface area contributed by atoms with Gasteiger partial charge in [-0.1, -0.05) is 33.4 Å². The van der Waals surface area contributed by atoms with Gasteiger partial charge in [0.15, 0.2) is 0 Å². The van der Waals surface area contributed by atoms with Crippen LogP contribution in [0.2, 0.25) is 0 Å². The molecule has 4 atom stereocenters. The van der Waals surface area contributed by atoms with Gasteiger partial charge in [-0.25, -0.2) is 4.79 Å². The Morgan fingerprint density at radius 2 is 2.22 bits per heavy atom. The van der Waals surface area contributed by atoms with E-state index in [4.69, 9.17) is 4.74 Å². The zero-order valence-electron chi connectivity index (χ0n) is 14.1. The first kappa shape index (κ1) is 16.2. The minimum Gasteiger partial charge on any atom is -0.458 e. The second-order valence-electron chi connectivity index (χ2n) is 7.72. The Bertz CT molecular complexity index is 625. The van der Waals surface area contributed by atoms with Gasteiger partial charge in [-0.3, -0.25) is 4.98 Å². The minimum absolute atomic E-state index is 0.00681. The van der Waals surface area contributed by atoms with Gasteiger partial charge in [0.1, 0.15) is 12.2 Å². The molecule has 0 amide bonds. The van der Waals surface area contributed by atoms with Crippen molar-refractivity contribution >= 4 is 5.97 Å². The number of hydrogen-bond acceptors (Lipinski definition) is 4. The first-order valence-electron chi connectivity index (χ1n) is 8.25. The minimum atomic E-state index is -1.07. The summed E-state index contributed by atoms with van der Waals surface area (Å²) in [5.41, 5.74) is 0.810. The summed E-state index contributed by atoms with van der Waals surface area (Å²) in [6, 6.07) is 3.44. The summed E-state index contributed by atoms with van der Waals surface area (Å²) in [6.07, 6.45) is 5.18. The van der Waals surface area contributed by atoms with E-state index < -0.39 is 12.1 Å². The van der Waals surface area contributed by atoms with Gasteiger partial charge in [0.25, 0.3) is 0 Å². The number of esters is 1. The van der Waals surface area contributed by atoms with E-state index >= 15 is 0 Å².